The van der Waals surface area contributed by atoms with E-state index in [0.717, 1.165) is 49.7 Å². The van der Waals surface area contributed by atoms with Gasteiger partial charge in [0.25, 0.3) is 0 Å². The van der Waals surface area contributed by atoms with Crippen LogP contribution >= 0.6 is 22.7 Å². The van der Waals surface area contributed by atoms with Crippen molar-refractivity contribution in [3.63, 3.8) is 0 Å². The van der Waals surface area contributed by atoms with Crippen LogP contribution in [-0.2, 0) is 5.41 Å². The first-order valence-electron chi connectivity index (χ1n) is 16.2. The molecule has 2 aromatic carbocycles. The molecule has 0 saturated heterocycles. The Morgan fingerprint density at radius 3 is 1.43 bits per heavy atom. The van der Waals surface area contributed by atoms with Crippen LogP contribution in [-0.4, -0.2) is 0 Å². The topological polar surface area (TPSA) is 95.2 Å². The summed E-state index contributed by atoms with van der Waals surface area (Å²) >= 11 is 3.66. The molecule has 2 aromatic heterocycles. The molecule has 1 fully saturated rings. The summed E-state index contributed by atoms with van der Waals surface area (Å²) in [5.41, 5.74) is 10.4. The molecular formula is C40H30N4S2. The average molecular weight is 631 g/mol. The number of hydrogen-bond donors (Lipinski definition) is 0. The van der Waals surface area contributed by atoms with Crippen molar-refractivity contribution < 1.29 is 0 Å². The van der Waals surface area contributed by atoms with Crippen LogP contribution in [0.3, 0.4) is 0 Å². The number of nitrogens with zero attached hydrogens (tertiary/aromatic N) is 4. The predicted molar refractivity (Wildman–Crippen MR) is 187 cm³/mol. The lowest BCUT2D eigenvalue weighted by atomic mass is 9.67. The van der Waals surface area contributed by atoms with Crippen LogP contribution in [0.15, 0.2) is 70.8 Å². The lowest BCUT2D eigenvalue weighted by Crippen LogP contribution is -2.28. The van der Waals surface area contributed by atoms with E-state index in [2.05, 4.69) is 72.8 Å². The number of hydrogen-bond acceptors (Lipinski definition) is 6. The van der Waals surface area contributed by atoms with Crippen molar-refractivity contribution in [2.75, 3.05) is 0 Å². The van der Waals surface area contributed by atoms with Crippen LogP contribution < -0.4 is 0 Å². The van der Waals surface area contributed by atoms with Gasteiger partial charge in [0.1, 0.15) is 35.4 Å². The van der Waals surface area contributed by atoms with Gasteiger partial charge in [-0.15, -0.1) is 22.7 Å². The maximum Gasteiger partial charge on any atom is 0.132 e. The first kappa shape index (κ1) is 28.7. The van der Waals surface area contributed by atoms with Crippen molar-refractivity contribution in [1.82, 2.24) is 0 Å². The molecule has 0 radical (unpaired) electrons. The molecule has 2 heterocycles. The van der Waals surface area contributed by atoms with Crippen LogP contribution in [0.4, 0.5) is 0 Å². The van der Waals surface area contributed by atoms with E-state index in [1.807, 2.05) is 22.7 Å². The van der Waals surface area contributed by atoms with Crippen LogP contribution in [0, 0.1) is 45.3 Å². The molecule has 4 aliphatic rings. The third-order valence-electron chi connectivity index (χ3n) is 10.5. The molecule has 4 nitrogen and oxygen atoms in total. The molecule has 6 heteroatoms. The summed E-state index contributed by atoms with van der Waals surface area (Å²) in [5, 5.41) is 40.4. The van der Waals surface area contributed by atoms with E-state index in [9.17, 15) is 21.0 Å². The van der Waals surface area contributed by atoms with E-state index in [1.54, 1.807) is 0 Å². The lowest BCUT2D eigenvalue weighted by molar-refractivity contribution is 0.353. The monoisotopic (exact) mass is 630 g/mol. The quantitative estimate of drug-likeness (QED) is 0.206. The zero-order valence-corrected chi connectivity index (χ0v) is 27.1. The Balaban J connectivity index is 1.26. The zero-order valence-electron chi connectivity index (χ0n) is 25.5. The molecule has 222 valence electrons. The third kappa shape index (κ3) is 4.49. The lowest BCUT2D eigenvalue weighted by Gasteiger charge is -2.36. The van der Waals surface area contributed by atoms with E-state index in [-0.39, 0.29) is 16.6 Å². The molecule has 8 rings (SSSR count). The second kappa shape index (κ2) is 11.3. The highest BCUT2D eigenvalue weighted by molar-refractivity contribution is 7.20. The highest BCUT2D eigenvalue weighted by Crippen LogP contribution is 2.58. The van der Waals surface area contributed by atoms with Crippen molar-refractivity contribution in [3.8, 4) is 35.4 Å². The Labute approximate surface area is 277 Å². The molecule has 0 N–H and O–H groups in total. The molecule has 4 aliphatic carbocycles. The number of rotatable bonds is 2. The van der Waals surface area contributed by atoms with Gasteiger partial charge in [0.2, 0.25) is 0 Å². The van der Waals surface area contributed by atoms with E-state index < -0.39 is 0 Å². The molecule has 1 spiro atoms. The fourth-order valence-corrected chi connectivity index (χ4v) is 10.6. The number of benzene rings is 2. The minimum absolute atomic E-state index is 0.0402. The minimum Gasteiger partial charge on any atom is -0.192 e. The van der Waals surface area contributed by atoms with Crippen molar-refractivity contribution in [2.24, 2.45) is 0 Å². The van der Waals surface area contributed by atoms with E-state index in [1.165, 1.54) is 95.4 Å². The van der Waals surface area contributed by atoms with Gasteiger partial charge in [0, 0.05) is 24.6 Å². The summed E-state index contributed by atoms with van der Waals surface area (Å²) in [6, 6.07) is 22.8. The molecule has 0 atom stereocenters. The van der Waals surface area contributed by atoms with Crippen LogP contribution in [0.25, 0.3) is 42.4 Å². The molecule has 0 amide bonds. The van der Waals surface area contributed by atoms with Crippen LogP contribution in [0.2, 0.25) is 0 Å². The number of nitriles is 4. The molecular weight excluding hydrogens is 601 g/mol. The van der Waals surface area contributed by atoms with Gasteiger partial charge in [0.15, 0.2) is 0 Å². The van der Waals surface area contributed by atoms with E-state index in [0.29, 0.717) is 0 Å². The molecule has 4 aromatic rings. The standard InChI is InChI=1S/C40H30N4S2/c41-20-30(21-42)24-6-4-8-26(12-24)36-16-28-14-34-32(18-38(28)45-36)33-19-39-29(15-35(33)40(34)10-2-1-3-11-40)17-37(46-39)27-9-5-7-25(13-27)31(22-43)23-44/h12-19H,1-11H2. The summed E-state index contributed by atoms with van der Waals surface area (Å²) in [4.78, 5) is 2.49. The highest BCUT2D eigenvalue weighted by atomic mass is 32.1. The fraction of sp³-hybridized carbons (Fsp3) is 0.300. The Kier molecular flexibility index (Phi) is 7.04. The van der Waals surface area contributed by atoms with Gasteiger partial charge >= 0.3 is 0 Å². The molecule has 0 bridgehead atoms. The number of thiophene rings is 2. The van der Waals surface area contributed by atoms with Gasteiger partial charge in [-0.25, -0.2) is 0 Å². The van der Waals surface area contributed by atoms with Gasteiger partial charge in [0.05, 0.1) is 0 Å². The van der Waals surface area contributed by atoms with Crippen molar-refractivity contribution >= 4 is 54.0 Å². The second-order valence-corrected chi connectivity index (χ2v) is 15.2. The largest absolute Gasteiger partial charge is 0.192 e. The van der Waals surface area contributed by atoms with Gasteiger partial charge in [-0.05, 0) is 143 Å². The Bertz CT molecular complexity index is 2100. The Hall–Kier alpha value is -4.72. The summed E-state index contributed by atoms with van der Waals surface area (Å²) in [6.45, 7) is 0. The summed E-state index contributed by atoms with van der Waals surface area (Å²) in [5.74, 6) is 0. The minimum atomic E-state index is 0.0402. The molecule has 0 aliphatic heterocycles. The highest BCUT2D eigenvalue weighted by Gasteiger charge is 2.44. The Morgan fingerprint density at radius 2 is 1.00 bits per heavy atom. The summed E-state index contributed by atoms with van der Waals surface area (Å²) in [7, 11) is 0. The first-order chi connectivity index (χ1) is 22.5. The second-order valence-electron chi connectivity index (χ2n) is 13.0. The van der Waals surface area contributed by atoms with E-state index in [4.69, 9.17) is 0 Å². The van der Waals surface area contributed by atoms with E-state index >= 15 is 0 Å². The van der Waals surface area contributed by atoms with Gasteiger partial charge < -0.3 is 0 Å². The van der Waals surface area contributed by atoms with Gasteiger partial charge in [-0.3, -0.25) is 0 Å². The Morgan fingerprint density at radius 1 is 0.543 bits per heavy atom. The van der Waals surface area contributed by atoms with Crippen molar-refractivity contribution in [3.05, 3.63) is 91.7 Å². The first-order valence-corrected chi connectivity index (χ1v) is 17.8. The average Bonchev–Trinajstić information content (AvgIpc) is 3.78. The summed E-state index contributed by atoms with van der Waals surface area (Å²) in [6.07, 6.45) is 15.7. The van der Waals surface area contributed by atoms with Crippen molar-refractivity contribution in [1.29, 1.82) is 21.0 Å². The SMILES string of the molecule is N#CC(C#N)=C1C=C(c2cc3cc4c(cc3s2)-c2cc3sc(C5=CC(=C(C#N)C#N)CCC5)cc3cc2C42CCCCC2)CCC1. The summed E-state index contributed by atoms with van der Waals surface area (Å²) < 4.78 is 2.57. The smallest absolute Gasteiger partial charge is 0.132 e. The number of allylic oxidation sites excluding steroid dienone is 8. The number of fused-ring (bicyclic) bond motifs is 7. The maximum atomic E-state index is 9.45. The van der Waals surface area contributed by atoms with Gasteiger partial charge in [-0.1, -0.05) is 31.4 Å². The van der Waals surface area contributed by atoms with Crippen LogP contribution in [0.1, 0.15) is 91.5 Å². The zero-order chi connectivity index (χ0) is 31.4. The van der Waals surface area contributed by atoms with Gasteiger partial charge in [-0.2, -0.15) is 21.0 Å². The normalized spacial score (nSPS) is 18.2. The predicted octanol–water partition coefficient (Wildman–Crippen LogP) is 11.2. The third-order valence-corrected chi connectivity index (χ3v) is 12.9. The molecule has 1 saturated carbocycles. The molecule has 46 heavy (non-hydrogen) atoms. The molecule has 0 unspecified atom stereocenters. The fourth-order valence-electron chi connectivity index (χ4n) is 8.34. The maximum absolute atomic E-state index is 9.45. The van der Waals surface area contributed by atoms with Crippen LogP contribution in [0.5, 0.6) is 0 Å². The van der Waals surface area contributed by atoms with Crippen molar-refractivity contribution in [2.45, 2.75) is 76.0 Å².